The van der Waals surface area contributed by atoms with Crippen LogP contribution in [0.25, 0.3) is 0 Å². The average Bonchev–Trinajstić information content (AvgIpc) is 2.36. The van der Waals surface area contributed by atoms with Crippen molar-refractivity contribution < 1.29 is 4.21 Å². The van der Waals surface area contributed by atoms with Crippen LogP contribution in [0.2, 0.25) is 0 Å². The molecule has 102 valence electrons. The van der Waals surface area contributed by atoms with Crippen LogP contribution in [0.15, 0.2) is 12.4 Å². The van der Waals surface area contributed by atoms with Crippen molar-refractivity contribution in [3.8, 4) is 0 Å². The molecule has 0 aliphatic heterocycles. The molecule has 1 aromatic heterocycles. The largest absolute Gasteiger partial charge is 0.370 e. The predicted molar refractivity (Wildman–Crippen MR) is 77.4 cm³/mol. The molecule has 0 saturated heterocycles. The Morgan fingerprint density at radius 2 is 1.89 bits per heavy atom. The lowest BCUT2D eigenvalue weighted by Gasteiger charge is -2.10. The predicted octanol–water partition coefficient (Wildman–Crippen LogP) is 1.87. The molecule has 2 atom stereocenters. The fraction of sp³-hybridized carbons (Fsp3) is 0.667. The Bertz CT molecular complexity index is 386. The second-order valence-corrected chi connectivity index (χ2v) is 6.04. The van der Waals surface area contributed by atoms with E-state index < -0.39 is 10.8 Å². The van der Waals surface area contributed by atoms with Gasteiger partial charge in [-0.2, -0.15) is 0 Å². The summed E-state index contributed by atoms with van der Waals surface area (Å²) in [6.45, 7) is 5.78. The molecular weight excluding hydrogens is 248 g/mol. The van der Waals surface area contributed by atoms with Crippen molar-refractivity contribution in [2.45, 2.75) is 31.9 Å². The molecule has 2 N–H and O–H groups in total. The monoisotopic (exact) mass is 270 g/mol. The number of nitrogens with one attached hydrogen (secondary N) is 2. The summed E-state index contributed by atoms with van der Waals surface area (Å²) in [6.07, 6.45) is 5.21. The first kappa shape index (κ1) is 14.9. The molecule has 0 aliphatic rings. The molecule has 0 saturated carbocycles. The number of anilines is 2. The first-order valence-corrected chi connectivity index (χ1v) is 7.87. The Labute approximate surface area is 111 Å². The summed E-state index contributed by atoms with van der Waals surface area (Å²) >= 11 is 0. The van der Waals surface area contributed by atoms with E-state index in [1.165, 1.54) is 0 Å². The van der Waals surface area contributed by atoms with Crippen molar-refractivity contribution in [2.24, 2.45) is 0 Å². The maximum absolute atomic E-state index is 11.2. The molecule has 5 nitrogen and oxygen atoms in total. The second-order valence-electron chi connectivity index (χ2n) is 4.24. The lowest BCUT2D eigenvalue weighted by atomic mass is 10.3. The molecule has 2 unspecified atom stereocenters. The quantitative estimate of drug-likeness (QED) is 0.755. The first-order valence-electron chi connectivity index (χ1n) is 6.25. The minimum Gasteiger partial charge on any atom is -0.370 e. The summed E-state index contributed by atoms with van der Waals surface area (Å²) in [7, 11) is -0.762. The Hall–Kier alpha value is -1.17. The zero-order chi connectivity index (χ0) is 13.4. The minimum absolute atomic E-state index is 0.206. The van der Waals surface area contributed by atoms with Gasteiger partial charge in [-0.3, -0.25) is 4.21 Å². The topological polar surface area (TPSA) is 66.9 Å². The van der Waals surface area contributed by atoms with Crippen LogP contribution in [-0.2, 0) is 10.8 Å². The van der Waals surface area contributed by atoms with Crippen molar-refractivity contribution >= 4 is 22.4 Å². The summed E-state index contributed by atoms with van der Waals surface area (Å²) in [5.74, 6) is 1.64. The fourth-order valence-corrected chi connectivity index (χ4v) is 1.82. The van der Waals surface area contributed by atoms with Crippen molar-refractivity contribution in [2.75, 3.05) is 30.0 Å². The van der Waals surface area contributed by atoms with Gasteiger partial charge >= 0.3 is 0 Å². The normalized spacial score (nSPS) is 13.9. The van der Waals surface area contributed by atoms with Crippen LogP contribution in [0.4, 0.5) is 11.6 Å². The molecule has 1 aromatic rings. The van der Waals surface area contributed by atoms with Gasteiger partial charge in [-0.15, -0.1) is 0 Å². The van der Waals surface area contributed by atoms with E-state index in [9.17, 15) is 4.21 Å². The summed E-state index contributed by atoms with van der Waals surface area (Å²) in [5, 5.41) is 6.64. The van der Waals surface area contributed by atoms with Crippen LogP contribution < -0.4 is 10.6 Å². The smallest absolute Gasteiger partial charge is 0.131 e. The van der Waals surface area contributed by atoms with Crippen molar-refractivity contribution in [1.29, 1.82) is 0 Å². The molecule has 0 radical (unpaired) electrons. The number of hydrogen-bond donors (Lipinski definition) is 2. The molecule has 0 aliphatic carbocycles. The summed E-state index contributed by atoms with van der Waals surface area (Å²) in [6, 6.07) is 1.89. The van der Waals surface area contributed by atoms with E-state index >= 15 is 0 Å². The van der Waals surface area contributed by atoms with E-state index in [2.05, 4.69) is 27.5 Å². The highest BCUT2D eigenvalue weighted by molar-refractivity contribution is 7.84. The Balaban J connectivity index is 2.40. The third-order valence-corrected chi connectivity index (χ3v) is 4.02. The van der Waals surface area contributed by atoms with Crippen molar-refractivity contribution in [3.05, 3.63) is 12.4 Å². The number of nitrogens with zero attached hydrogens (tertiary/aromatic N) is 2. The summed E-state index contributed by atoms with van der Waals surface area (Å²) in [5.41, 5.74) is 0. The standard InChI is InChI=1S/C12H22N4OS/c1-4-6-13-11-8-12(16-9-15-11)14-7-5-10(2)18(3)17/h8-10H,4-7H2,1-3H3,(H2,13,14,15,16). The summed E-state index contributed by atoms with van der Waals surface area (Å²) in [4.78, 5) is 8.29. The molecule has 6 heteroatoms. The summed E-state index contributed by atoms with van der Waals surface area (Å²) < 4.78 is 11.2. The van der Waals surface area contributed by atoms with Gasteiger partial charge in [-0.1, -0.05) is 13.8 Å². The van der Waals surface area contributed by atoms with E-state index in [4.69, 9.17) is 0 Å². The molecule has 0 amide bonds. The van der Waals surface area contributed by atoms with Gasteiger partial charge < -0.3 is 10.6 Å². The molecule has 1 rings (SSSR count). The van der Waals surface area contributed by atoms with Crippen LogP contribution in [0.1, 0.15) is 26.7 Å². The average molecular weight is 270 g/mol. The Morgan fingerprint density at radius 3 is 2.44 bits per heavy atom. The van der Waals surface area contributed by atoms with Crippen LogP contribution in [0.5, 0.6) is 0 Å². The van der Waals surface area contributed by atoms with E-state index in [-0.39, 0.29) is 5.25 Å². The van der Waals surface area contributed by atoms with Crippen LogP contribution in [0.3, 0.4) is 0 Å². The zero-order valence-corrected chi connectivity index (χ0v) is 12.1. The molecule has 0 bridgehead atoms. The first-order chi connectivity index (χ1) is 8.63. The number of hydrogen-bond acceptors (Lipinski definition) is 5. The lowest BCUT2D eigenvalue weighted by molar-refractivity contribution is 0.672. The van der Waals surface area contributed by atoms with Gasteiger partial charge in [0.05, 0.1) is 0 Å². The Kier molecular flexibility index (Phi) is 6.64. The van der Waals surface area contributed by atoms with Gasteiger partial charge in [0.15, 0.2) is 0 Å². The van der Waals surface area contributed by atoms with E-state index in [0.29, 0.717) is 0 Å². The van der Waals surface area contributed by atoms with Gasteiger partial charge in [0.2, 0.25) is 0 Å². The molecule has 0 spiro atoms. The van der Waals surface area contributed by atoms with Gasteiger partial charge in [0.1, 0.15) is 18.0 Å². The molecule has 0 fully saturated rings. The van der Waals surface area contributed by atoms with E-state index in [0.717, 1.165) is 37.6 Å². The van der Waals surface area contributed by atoms with E-state index in [1.54, 1.807) is 12.6 Å². The van der Waals surface area contributed by atoms with Crippen molar-refractivity contribution in [1.82, 2.24) is 9.97 Å². The highest BCUT2D eigenvalue weighted by Gasteiger charge is 2.05. The molecule has 18 heavy (non-hydrogen) atoms. The second kappa shape index (κ2) is 8.02. The van der Waals surface area contributed by atoms with Crippen LogP contribution >= 0.6 is 0 Å². The zero-order valence-electron chi connectivity index (χ0n) is 11.3. The van der Waals surface area contributed by atoms with Crippen LogP contribution in [0, 0.1) is 0 Å². The molecule has 0 aromatic carbocycles. The molecular formula is C12H22N4OS. The van der Waals surface area contributed by atoms with Gasteiger partial charge in [-0.05, 0) is 12.8 Å². The minimum atomic E-state index is -0.762. The third-order valence-electron chi connectivity index (χ3n) is 2.65. The van der Waals surface area contributed by atoms with Gasteiger partial charge in [-0.25, -0.2) is 9.97 Å². The maximum Gasteiger partial charge on any atom is 0.131 e. The lowest BCUT2D eigenvalue weighted by Crippen LogP contribution is -2.15. The highest BCUT2D eigenvalue weighted by atomic mass is 32.2. The fourth-order valence-electron chi connectivity index (χ4n) is 1.37. The van der Waals surface area contributed by atoms with Gasteiger partial charge in [0, 0.05) is 41.5 Å². The molecule has 1 heterocycles. The van der Waals surface area contributed by atoms with E-state index in [1.807, 2.05) is 13.0 Å². The number of rotatable bonds is 8. The van der Waals surface area contributed by atoms with Crippen molar-refractivity contribution in [3.63, 3.8) is 0 Å². The highest BCUT2D eigenvalue weighted by Crippen LogP contribution is 2.09. The Morgan fingerprint density at radius 1 is 1.28 bits per heavy atom. The third kappa shape index (κ3) is 5.44. The SMILES string of the molecule is CCCNc1cc(NCCC(C)S(C)=O)ncn1. The number of aromatic nitrogens is 2. The van der Waals surface area contributed by atoms with Gasteiger partial charge in [0.25, 0.3) is 0 Å². The maximum atomic E-state index is 11.2. The van der Waals surface area contributed by atoms with Crippen LogP contribution in [-0.4, -0.2) is 38.8 Å².